The smallest absolute Gasteiger partial charge is 0.306 e. The molecule has 336 valence electrons. The van der Waals surface area contributed by atoms with Gasteiger partial charge in [-0.1, -0.05) is 225 Å². The lowest BCUT2D eigenvalue weighted by Gasteiger charge is -2.18. The minimum absolute atomic E-state index is 0.120. The Morgan fingerprint density at radius 3 is 1.12 bits per heavy atom. The topological polar surface area (TPSA) is 78.9 Å². The van der Waals surface area contributed by atoms with Crippen LogP contribution in [-0.2, 0) is 28.6 Å². The van der Waals surface area contributed by atoms with Crippen molar-refractivity contribution in [2.24, 2.45) is 0 Å². The van der Waals surface area contributed by atoms with Crippen LogP contribution >= 0.6 is 0 Å². The van der Waals surface area contributed by atoms with Crippen molar-refractivity contribution in [1.29, 1.82) is 0 Å². The van der Waals surface area contributed by atoms with E-state index in [1.54, 1.807) is 0 Å². The Balaban J connectivity index is 4.44. The summed E-state index contributed by atoms with van der Waals surface area (Å²) in [6, 6.07) is 0. The van der Waals surface area contributed by atoms with Gasteiger partial charge in [-0.15, -0.1) is 0 Å². The van der Waals surface area contributed by atoms with Crippen LogP contribution in [-0.4, -0.2) is 37.2 Å². The van der Waals surface area contributed by atoms with E-state index in [2.05, 4.69) is 26.0 Å². The molecule has 0 aromatic rings. The Kier molecular flexibility index (Phi) is 35.5. The van der Waals surface area contributed by atoms with E-state index >= 15 is 0 Å². The molecule has 0 heterocycles. The van der Waals surface area contributed by atoms with Crippen LogP contribution in [0.2, 0.25) is 0 Å². The van der Waals surface area contributed by atoms with E-state index in [0.29, 0.717) is 32.1 Å². The summed E-state index contributed by atoms with van der Waals surface area (Å²) in [6.45, 7) is 1.25. The number of carbonyl (C=O) groups is 3. The molecule has 0 atom stereocenters. The molecule has 0 bridgehead atoms. The molecular formula is C51H96O6. The van der Waals surface area contributed by atoms with Gasteiger partial charge >= 0.3 is 17.9 Å². The lowest BCUT2D eigenvalue weighted by atomic mass is 10.0. The second kappa shape index (κ2) is 46.8. The van der Waals surface area contributed by atoms with E-state index in [4.69, 9.17) is 23.8 Å². The van der Waals surface area contributed by atoms with Crippen molar-refractivity contribution in [2.75, 3.05) is 13.2 Å². The molecule has 6 heteroatoms. The Morgan fingerprint density at radius 2 is 0.754 bits per heavy atom. The minimum Gasteiger partial charge on any atom is -0.462 e. The van der Waals surface area contributed by atoms with Gasteiger partial charge in [0, 0.05) is 28.9 Å². The van der Waals surface area contributed by atoms with Crippen molar-refractivity contribution in [3.63, 3.8) is 0 Å². The molecule has 0 spiro atoms. The van der Waals surface area contributed by atoms with Crippen LogP contribution in [0.4, 0.5) is 0 Å². The third-order valence-electron chi connectivity index (χ3n) is 10.8. The third-order valence-corrected chi connectivity index (χ3v) is 10.8. The summed E-state index contributed by atoms with van der Waals surface area (Å²) in [4.78, 5) is 37.9. The second-order valence-electron chi connectivity index (χ2n) is 16.4. The maximum absolute atomic E-state index is 12.8. The van der Waals surface area contributed by atoms with Crippen molar-refractivity contribution in [2.45, 2.75) is 284 Å². The maximum Gasteiger partial charge on any atom is 0.306 e. The first-order chi connectivity index (χ1) is 30.7. The highest BCUT2D eigenvalue weighted by molar-refractivity contribution is 5.71. The summed E-state index contributed by atoms with van der Waals surface area (Å²) in [7, 11) is 0. The molecule has 0 fully saturated rings. The Labute approximate surface area is 364 Å². The molecule has 0 amide bonds. The average molecular weight is 812 g/mol. The van der Waals surface area contributed by atoms with Crippen LogP contribution in [0.1, 0.15) is 287 Å². The second-order valence-corrected chi connectivity index (χ2v) is 16.4. The number of hydrogen-bond donors (Lipinski definition) is 0. The van der Waals surface area contributed by atoms with Crippen molar-refractivity contribution >= 4 is 17.9 Å². The van der Waals surface area contributed by atoms with Crippen LogP contribution in [0, 0.1) is 0 Å². The fourth-order valence-corrected chi connectivity index (χ4v) is 7.11. The van der Waals surface area contributed by atoms with Gasteiger partial charge in [-0.2, -0.15) is 0 Å². The molecule has 0 radical (unpaired) electrons. The monoisotopic (exact) mass is 812 g/mol. The predicted molar refractivity (Wildman–Crippen MR) is 243 cm³/mol. The number of carbonyl (C=O) groups excluding carboxylic acids is 3. The van der Waals surface area contributed by atoms with E-state index < -0.39 is 25.7 Å². The molecule has 0 aliphatic rings. The SMILES string of the molecule is [2H]C([2H])([2H])C([2H])([2H])C([2H])([2H])CCCCC/C=C\CCCCCCCC(=O)OC(COC(=O)CCCCCCCCCCCCCC)COC(=O)CCCCCCCCCCCCCC. The van der Waals surface area contributed by atoms with Gasteiger partial charge in [-0.3, -0.25) is 14.4 Å². The first kappa shape index (κ1) is 43.2. The van der Waals surface area contributed by atoms with E-state index in [1.807, 2.05) is 0 Å². The Hall–Kier alpha value is -1.85. The number of rotatable bonds is 46. The highest BCUT2D eigenvalue weighted by Crippen LogP contribution is 2.16. The standard InChI is InChI=1S/C51H96O6/c1-4-7-10-13-16-19-22-25-26-27-30-33-36-39-42-45-51(54)57-48(46-55-49(52)43-40-37-34-31-28-23-20-17-14-11-8-5-2)47-56-50(53)44-41-38-35-32-29-24-21-18-15-12-9-6-3/h25-26,48H,4-24,27-47H2,1-3H3/b26-25-/i1D3,4D2,7D2. The largest absolute Gasteiger partial charge is 0.462 e. The summed E-state index contributed by atoms with van der Waals surface area (Å²) in [5, 5.41) is 0. The fraction of sp³-hybridized carbons (Fsp3) is 0.902. The molecule has 57 heavy (non-hydrogen) atoms. The number of hydrogen-bond acceptors (Lipinski definition) is 6. The molecule has 0 aliphatic heterocycles. The summed E-state index contributed by atoms with van der Waals surface area (Å²) in [5.41, 5.74) is 0. The molecule has 0 aromatic heterocycles. The van der Waals surface area contributed by atoms with Crippen LogP contribution in [0.5, 0.6) is 0 Å². The van der Waals surface area contributed by atoms with Crippen molar-refractivity contribution in [1.82, 2.24) is 0 Å². The Bertz CT molecular complexity index is 1100. The van der Waals surface area contributed by atoms with Gasteiger partial charge in [-0.25, -0.2) is 0 Å². The Morgan fingerprint density at radius 1 is 0.439 bits per heavy atom. The fourth-order valence-electron chi connectivity index (χ4n) is 7.11. The molecule has 0 saturated heterocycles. The molecule has 0 N–H and O–H groups in total. The van der Waals surface area contributed by atoms with E-state index in [0.717, 1.165) is 83.5 Å². The van der Waals surface area contributed by atoms with Gasteiger partial charge < -0.3 is 14.2 Å². The summed E-state index contributed by atoms with van der Waals surface area (Å²) in [6.07, 6.45) is 36.5. The number of allylic oxidation sites excluding steroid dienone is 2. The molecule has 0 aromatic carbocycles. The summed E-state index contributed by atoms with van der Waals surface area (Å²) < 4.78 is 69.9. The van der Waals surface area contributed by atoms with Crippen molar-refractivity contribution in [3.8, 4) is 0 Å². The zero-order valence-electron chi connectivity index (χ0n) is 44.5. The highest BCUT2D eigenvalue weighted by atomic mass is 16.6. The quantitative estimate of drug-likeness (QED) is 0.0264. The van der Waals surface area contributed by atoms with E-state index in [1.165, 1.54) is 116 Å². The molecule has 6 nitrogen and oxygen atoms in total. The molecule has 0 unspecified atom stereocenters. The van der Waals surface area contributed by atoms with Crippen LogP contribution in [0.25, 0.3) is 0 Å². The zero-order valence-corrected chi connectivity index (χ0v) is 37.5. The van der Waals surface area contributed by atoms with Gasteiger partial charge in [0.1, 0.15) is 13.2 Å². The van der Waals surface area contributed by atoms with Gasteiger partial charge in [0.25, 0.3) is 0 Å². The predicted octanol–water partition coefficient (Wildman–Crippen LogP) is 16.2. The normalized spacial score (nSPS) is 14.1. The summed E-state index contributed by atoms with van der Waals surface area (Å²) >= 11 is 0. The molecule has 0 rings (SSSR count). The van der Waals surface area contributed by atoms with Gasteiger partial charge in [0.15, 0.2) is 6.10 Å². The van der Waals surface area contributed by atoms with Gasteiger partial charge in [0.05, 0.1) is 0 Å². The van der Waals surface area contributed by atoms with Gasteiger partial charge in [0.2, 0.25) is 0 Å². The average Bonchev–Trinajstić information content (AvgIpc) is 3.24. The molecule has 0 aliphatic carbocycles. The first-order valence-electron chi connectivity index (χ1n) is 27.8. The van der Waals surface area contributed by atoms with Gasteiger partial charge in [-0.05, 0) is 44.9 Å². The number of esters is 3. The molecule has 0 saturated carbocycles. The molecular weight excluding hydrogens is 709 g/mol. The highest BCUT2D eigenvalue weighted by Gasteiger charge is 2.19. The lowest BCUT2D eigenvalue weighted by molar-refractivity contribution is -0.167. The zero-order chi connectivity index (χ0) is 47.6. The van der Waals surface area contributed by atoms with Crippen LogP contribution in [0.3, 0.4) is 0 Å². The first-order valence-corrected chi connectivity index (χ1v) is 24.3. The van der Waals surface area contributed by atoms with Crippen LogP contribution in [0.15, 0.2) is 12.2 Å². The number of ether oxygens (including phenoxy) is 3. The van der Waals surface area contributed by atoms with E-state index in [-0.39, 0.29) is 44.0 Å². The van der Waals surface area contributed by atoms with Crippen molar-refractivity contribution < 1.29 is 38.2 Å². The van der Waals surface area contributed by atoms with Crippen molar-refractivity contribution in [3.05, 3.63) is 12.2 Å². The van der Waals surface area contributed by atoms with Crippen LogP contribution < -0.4 is 0 Å². The maximum atomic E-state index is 12.8. The summed E-state index contributed by atoms with van der Waals surface area (Å²) in [5.74, 6) is -1.01. The third kappa shape index (κ3) is 45.1. The van der Waals surface area contributed by atoms with E-state index in [9.17, 15) is 14.4 Å². The minimum atomic E-state index is -3.00. The number of unbranched alkanes of at least 4 members (excludes halogenated alkanes) is 30. The lowest BCUT2D eigenvalue weighted by Crippen LogP contribution is -2.30.